The lowest BCUT2D eigenvalue weighted by Gasteiger charge is -2.09. The van der Waals surface area contributed by atoms with Crippen molar-refractivity contribution in [1.82, 2.24) is 0 Å². The van der Waals surface area contributed by atoms with Gasteiger partial charge in [-0.25, -0.2) is 0 Å². The summed E-state index contributed by atoms with van der Waals surface area (Å²) in [6.07, 6.45) is 0. The predicted octanol–water partition coefficient (Wildman–Crippen LogP) is 1.27. The first-order valence-corrected chi connectivity index (χ1v) is 15.9. The zero-order chi connectivity index (χ0) is 29.6. The number of rotatable bonds is 38. The highest BCUT2D eigenvalue weighted by Gasteiger charge is 1.96. The fraction of sp³-hybridized carbons (Fsp3) is 1.00. The minimum absolute atomic E-state index is 0.516. The first kappa shape index (κ1) is 41.2. The summed E-state index contributed by atoms with van der Waals surface area (Å²) in [7, 11) is 1.65. The van der Waals surface area contributed by atoms with E-state index < -0.39 is 0 Å². The molecule has 0 aliphatic rings. The Labute approximate surface area is 260 Å². The quantitative estimate of drug-likeness (QED) is 0.0520. The van der Waals surface area contributed by atoms with E-state index >= 15 is 0 Å². The summed E-state index contributed by atoms with van der Waals surface area (Å²) in [5.74, 6) is 0. The summed E-state index contributed by atoms with van der Waals surface area (Å²) in [5, 5.41) is 0. The van der Waals surface area contributed by atoms with Gasteiger partial charge in [-0.3, -0.25) is 0 Å². The van der Waals surface area contributed by atoms with Crippen molar-refractivity contribution in [3.8, 4) is 0 Å². The van der Waals surface area contributed by atoms with E-state index in [0.717, 1.165) is 11.0 Å². The molecule has 0 heterocycles. The monoisotopic (exact) mass is 714 g/mol. The van der Waals surface area contributed by atoms with Crippen molar-refractivity contribution in [3.63, 3.8) is 0 Å². The first-order valence-electron chi connectivity index (χ1n) is 14.4. The van der Waals surface area contributed by atoms with Gasteiger partial charge in [0.05, 0.1) is 165 Å². The summed E-state index contributed by atoms with van der Waals surface area (Å²) < 4.78 is 70.9. The number of ether oxygens (including phenoxy) is 13. The smallest absolute Gasteiger partial charge is 0.0701 e. The molecule has 248 valence electrons. The van der Waals surface area contributed by atoms with Gasteiger partial charge in [-0.1, -0.05) is 22.6 Å². The largest absolute Gasteiger partial charge is 0.382 e. The number of halogens is 1. The van der Waals surface area contributed by atoms with Crippen molar-refractivity contribution in [3.05, 3.63) is 0 Å². The molecule has 0 bridgehead atoms. The molecule has 0 saturated heterocycles. The second kappa shape index (κ2) is 40.2. The number of hydrogen-bond acceptors (Lipinski definition) is 13. The minimum atomic E-state index is 0.516. The van der Waals surface area contributed by atoms with Crippen LogP contribution in [0.3, 0.4) is 0 Å². The highest BCUT2D eigenvalue weighted by Crippen LogP contribution is 1.88. The van der Waals surface area contributed by atoms with Crippen LogP contribution in [-0.2, 0) is 61.6 Å². The molecule has 0 aromatic rings. The Hall–Kier alpha value is 0.210. The van der Waals surface area contributed by atoms with Crippen LogP contribution in [-0.4, -0.2) is 177 Å². The van der Waals surface area contributed by atoms with Gasteiger partial charge in [-0.15, -0.1) is 0 Å². The summed E-state index contributed by atoms with van der Waals surface area (Å²) in [4.78, 5) is 0. The summed E-state index contributed by atoms with van der Waals surface area (Å²) >= 11 is 2.28. The number of alkyl halides is 1. The highest BCUT2D eigenvalue weighted by atomic mass is 127. The summed E-state index contributed by atoms with van der Waals surface area (Å²) in [6, 6.07) is 0. The van der Waals surface area contributed by atoms with E-state index in [0.29, 0.717) is 159 Å². The molecular formula is C27H55IO13. The van der Waals surface area contributed by atoms with Crippen molar-refractivity contribution in [2.75, 3.05) is 177 Å². The molecular weight excluding hydrogens is 659 g/mol. The molecule has 0 unspecified atom stereocenters. The standard InChI is InChI=1S/C27H55IO13/c1-29-4-5-31-8-9-33-12-13-35-16-17-37-20-21-39-24-25-41-27-26-40-23-22-38-19-18-36-15-14-34-11-10-32-7-6-30-3-2-28/h2-27H2,1H3. The molecule has 41 heavy (non-hydrogen) atoms. The lowest BCUT2D eigenvalue weighted by molar-refractivity contribution is -0.0286. The van der Waals surface area contributed by atoms with E-state index in [1.54, 1.807) is 7.11 Å². The predicted molar refractivity (Wildman–Crippen MR) is 161 cm³/mol. The molecule has 0 aromatic carbocycles. The second-order valence-corrected chi connectivity index (χ2v) is 9.11. The van der Waals surface area contributed by atoms with E-state index in [1.807, 2.05) is 0 Å². The van der Waals surface area contributed by atoms with Crippen LogP contribution in [0.2, 0.25) is 0 Å². The molecule has 0 aliphatic heterocycles. The van der Waals surface area contributed by atoms with Crippen LogP contribution in [0, 0.1) is 0 Å². The first-order chi connectivity index (χ1) is 20.4. The molecule has 0 fully saturated rings. The van der Waals surface area contributed by atoms with Crippen LogP contribution in [0.15, 0.2) is 0 Å². The van der Waals surface area contributed by atoms with Crippen molar-refractivity contribution in [1.29, 1.82) is 0 Å². The molecule has 0 saturated carbocycles. The topological polar surface area (TPSA) is 120 Å². The second-order valence-electron chi connectivity index (χ2n) is 8.03. The molecule has 0 atom stereocenters. The Morgan fingerprint density at radius 1 is 0.244 bits per heavy atom. The van der Waals surface area contributed by atoms with Gasteiger partial charge >= 0.3 is 0 Å². The molecule has 13 nitrogen and oxygen atoms in total. The average molecular weight is 715 g/mol. The van der Waals surface area contributed by atoms with Gasteiger partial charge in [0.15, 0.2) is 0 Å². The summed E-state index contributed by atoms with van der Waals surface area (Å²) in [6.45, 7) is 13.8. The van der Waals surface area contributed by atoms with Crippen molar-refractivity contribution in [2.45, 2.75) is 0 Å². The number of methoxy groups -OCH3 is 1. The Morgan fingerprint density at radius 3 is 0.537 bits per heavy atom. The maximum absolute atomic E-state index is 5.47. The third kappa shape index (κ3) is 40.2. The van der Waals surface area contributed by atoms with Crippen molar-refractivity contribution in [2.24, 2.45) is 0 Å². The molecule has 0 amide bonds. The lowest BCUT2D eigenvalue weighted by Crippen LogP contribution is -2.15. The SMILES string of the molecule is COCCOCCOCCOCCOCCOCCOCCOCCOCCOCCOCCOCCOCCI. The van der Waals surface area contributed by atoms with Gasteiger partial charge in [0.25, 0.3) is 0 Å². The highest BCUT2D eigenvalue weighted by molar-refractivity contribution is 14.1. The normalized spacial score (nSPS) is 11.6. The van der Waals surface area contributed by atoms with E-state index in [9.17, 15) is 0 Å². The molecule has 0 aromatic heterocycles. The Morgan fingerprint density at radius 2 is 0.390 bits per heavy atom. The Balaban J connectivity index is 3.02. The van der Waals surface area contributed by atoms with Gasteiger partial charge in [-0.05, 0) is 0 Å². The molecule has 14 heteroatoms. The summed E-state index contributed by atoms with van der Waals surface area (Å²) in [5.41, 5.74) is 0. The zero-order valence-corrected chi connectivity index (χ0v) is 27.2. The maximum atomic E-state index is 5.47. The zero-order valence-electron chi connectivity index (χ0n) is 25.1. The van der Waals surface area contributed by atoms with Crippen molar-refractivity contribution >= 4 is 22.6 Å². The van der Waals surface area contributed by atoms with E-state index in [2.05, 4.69) is 22.6 Å². The Kier molecular flexibility index (Phi) is 40.4. The van der Waals surface area contributed by atoms with E-state index in [1.165, 1.54) is 0 Å². The van der Waals surface area contributed by atoms with E-state index in [-0.39, 0.29) is 0 Å². The molecule has 0 radical (unpaired) electrons. The fourth-order valence-electron chi connectivity index (χ4n) is 2.72. The fourth-order valence-corrected chi connectivity index (χ4v) is 3.03. The molecule has 0 rings (SSSR count). The molecule has 0 aliphatic carbocycles. The van der Waals surface area contributed by atoms with Crippen LogP contribution >= 0.6 is 22.6 Å². The van der Waals surface area contributed by atoms with Crippen LogP contribution < -0.4 is 0 Å². The van der Waals surface area contributed by atoms with Gasteiger partial charge in [-0.2, -0.15) is 0 Å². The van der Waals surface area contributed by atoms with Crippen molar-refractivity contribution < 1.29 is 61.6 Å². The third-order valence-corrected chi connectivity index (χ3v) is 5.19. The number of hydrogen-bond donors (Lipinski definition) is 0. The molecule has 0 N–H and O–H groups in total. The minimum Gasteiger partial charge on any atom is -0.382 e. The van der Waals surface area contributed by atoms with Crippen LogP contribution in [0.1, 0.15) is 0 Å². The average Bonchev–Trinajstić information content (AvgIpc) is 2.98. The van der Waals surface area contributed by atoms with Gasteiger partial charge < -0.3 is 61.6 Å². The van der Waals surface area contributed by atoms with Gasteiger partial charge in [0.2, 0.25) is 0 Å². The Bertz CT molecular complexity index is 417. The van der Waals surface area contributed by atoms with Gasteiger partial charge in [0.1, 0.15) is 0 Å². The van der Waals surface area contributed by atoms with Crippen LogP contribution in [0.4, 0.5) is 0 Å². The van der Waals surface area contributed by atoms with E-state index in [4.69, 9.17) is 61.6 Å². The van der Waals surface area contributed by atoms with Crippen LogP contribution in [0.25, 0.3) is 0 Å². The molecule has 0 spiro atoms. The lowest BCUT2D eigenvalue weighted by atomic mass is 10.6. The third-order valence-electron chi connectivity index (χ3n) is 4.75. The maximum Gasteiger partial charge on any atom is 0.0701 e. The van der Waals surface area contributed by atoms with Crippen LogP contribution in [0.5, 0.6) is 0 Å². The van der Waals surface area contributed by atoms with Gasteiger partial charge in [0, 0.05) is 11.5 Å².